The first kappa shape index (κ1) is 53.5. The minimum atomic E-state index is -4.59. The normalized spacial score (nSPS) is 20.1. The minimum absolute atomic E-state index is 0.00933. The first-order valence-electron chi connectivity index (χ1n) is 19.8. The third-order valence-corrected chi connectivity index (χ3v) is 10.9. The van der Waals surface area contributed by atoms with E-state index in [4.69, 9.17) is 10.2 Å². The zero-order chi connectivity index (χ0) is 45.7. The predicted molar refractivity (Wildman–Crippen MR) is 221 cm³/mol. The summed E-state index contributed by atoms with van der Waals surface area (Å²) in [5.41, 5.74) is -1.50. The van der Waals surface area contributed by atoms with Crippen molar-refractivity contribution in [2.45, 2.75) is 129 Å². The van der Waals surface area contributed by atoms with Crippen molar-refractivity contribution < 1.29 is 61.2 Å². The number of carboxylic acids is 1. The molecule has 17 heteroatoms. The maximum Gasteiger partial charge on any atom is 0.425 e. The largest absolute Gasteiger partial charge is 0.512 e. The number of aromatic hydroxyl groups is 1. The molecule has 0 aromatic carbocycles. The molecule has 0 spiro atoms. The molecule has 2 unspecified atom stereocenters. The second kappa shape index (κ2) is 25.9. The second-order valence-electron chi connectivity index (χ2n) is 14.5. The van der Waals surface area contributed by atoms with Crippen LogP contribution in [0.15, 0.2) is 64.9 Å². The number of piperidine rings is 2. The molecule has 10 nitrogen and oxygen atoms in total. The number of aliphatic carboxylic acids is 1. The number of amides is 2. The Morgan fingerprint density at radius 3 is 2.07 bits per heavy atom. The van der Waals surface area contributed by atoms with Crippen LogP contribution in [-0.2, 0) is 20.6 Å². The van der Waals surface area contributed by atoms with Gasteiger partial charge in [-0.1, -0.05) is 64.0 Å². The van der Waals surface area contributed by atoms with E-state index in [1.807, 2.05) is 13.8 Å². The van der Waals surface area contributed by atoms with Crippen LogP contribution in [0.2, 0.25) is 0 Å². The first-order valence-corrected chi connectivity index (χ1v) is 20.7. The summed E-state index contributed by atoms with van der Waals surface area (Å²) in [6.07, 6.45) is 9.00. The van der Waals surface area contributed by atoms with Crippen LogP contribution in [0.25, 0.3) is 0 Å². The van der Waals surface area contributed by atoms with Crippen LogP contribution in [0.3, 0.4) is 0 Å². The SMILES string of the molecule is C#CC.C=C/C=C\C(=C(/C)O)C1(O)CCN(C(=O)C2CCCN(C(=O)C(CC(F)(F)F)=N/C=C\CC)C2CCC)CC1.O=C(O)C1CCCC1.Oc1csc(C(F)(F)F)c1. The number of allylic oxidation sites excluding steroid dienone is 4. The Bertz CT molecular complexity index is 1690. The molecule has 3 heterocycles. The van der Waals surface area contributed by atoms with Gasteiger partial charge in [0.15, 0.2) is 0 Å². The number of aliphatic hydroxyl groups is 2. The lowest BCUT2D eigenvalue weighted by atomic mass is 9.81. The summed E-state index contributed by atoms with van der Waals surface area (Å²) in [4.78, 5) is 43.4. The van der Waals surface area contributed by atoms with Crippen LogP contribution in [0.5, 0.6) is 5.75 Å². The van der Waals surface area contributed by atoms with Crippen LogP contribution >= 0.6 is 11.3 Å². The number of alkyl halides is 6. The van der Waals surface area contributed by atoms with Crippen LogP contribution < -0.4 is 0 Å². The summed E-state index contributed by atoms with van der Waals surface area (Å²) in [6.45, 7) is 11.3. The van der Waals surface area contributed by atoms with Crippen molar-refractivity contribution in [3.05, 3.63) is 64.7 Å². The maximum absolute atomic E-state index is 13.7. The van der Waals surface area contributed by atoms with Gasteiger partial charge in [0.05, 0.1) is 29.6 Å². The standard InChI is InChI=1S/C29H42F3N3O4.C6H10O2.C5H3F3OS.C3H4/c1-5-8-13-23(21(4)36)28(39)14-18-34(19-15-28)26(37)22-12-10-17-35(25(22)11-7-3)27(38)24(20-29(30,31)32)33-16-9-6-2;7-6(8)5-3-1-2-4-5;6-5(7,8)4-1-3(9)2-10-4;1-3-2/h5,8-9,13,16,22,25,36,39H,1,6-7,10-12,14-15,17-20H2,2-4H3;5H,1-4H2,(H,7,8);1-2,9H;1H,2H3/b13-8-,16-9-,23-21-,33-24?;;;. The third-order valence-electron chi connectivity index (χ3n) is 9.89. The number of carbonyl (C=O) groups excluding carboxylic acids is 2. The Balaban J connectivity index is 0.000000688. The number of nitrogens with zero attached hydrogens (tertiary/aromatic N) is 3. The average Bonchev–Trinajstić information content (AvgIpc) is 3.88. The Labute approximate surface area is 353 Å². The monoisotopic (exact) mass is 875 g/mol. The fourth-order valence-electron chi connectivity index (χ4n) is 7.06. The highest BCUT2D eigenvalue weighted by atomic mass is 32.1. The van der Waals surface area contributed by atoms with E-state index < -0.39 is 58.8 Å². The number of aliphatic imine (C=N–C) groups is 1. The van der Waals surface area contributed by atoms with Gasteiger partial charge in [0.2, 0.25) is 5.91 Å². The van der Waals surface area contributed by atoms with Crippen LogP contribution in [-0.4, -0.2) is 91.2 Å². The third kappa shape index (κ3) is 18.0. The van der Waals surface area contributed by atoms with Gasteiger partial charge in [-0.25, -0.2) is 0 Å². The Hall–Kier alpha value is -4.56. The lowest BCUT2D eigenvalue weighted by molar-refractivity contribution is -0.147. The molecule has 2 aliphatic heterocycles. The topological polar surface area (TPSA) is 151 Å². The van der Waals surface area contributed by atoms with E-state index in [0.29, 0.717) is 55.1 Å². The number of halogens is 6. The Kier molecular flexibility index (Phi) is 23.1. The molecule has 0 radical (unpaired) electrons. The summed E-state index contributed by atoms with van der Waals surface area (Å²) in [5.74, 6) is -0.220. The molecule has 0 bridgehead atoms. The molecule has 60 heavy (non-hydrogen) atoms. The molecule has 2 atom stereocenters. The molecule has 3 fully saturated rings. The van der Waals surface area contributed by atoms with Gasteiger partial charge in [-0.05, 0) is 65.2 Å². The molecular formula is C43H59F6N3O7S. The van der Waals surface area contributed by atoms with Crippen molar-refractivity contribution in [3.8, 4) is 18.1 Å². The van der Waals surface area contributed by atoms with E-state index in [-0.39, 0.29) is 55.8 Å². The van der Waals surface area contributed by atoms with Crippen molar-refractivity contribution in [2.24, 2.45) is 16.8 Å². The number of terminal acetylenes is 1. The lowest BCUT2D eigenvalue weighted by Crippen LogP contribution is -2.57. The number of likely N-dealkylation sites (tertiary alicyclic amines) is 2. The molecule has 1 aromatic rings. The number of rotatable bonds is 11. The van der Waals surface area contributed by atoms with Crippen molar-refractivity contribution in [1.82, 2.24) is 9.80 Å². The second-order valence-corrected chi connectivity index (χ2v) is 15.4. The number of hydrogen-bond donors (Lipinski definition) is 4. The van der Waals surface area contributed by atoms with Gasteiger partial charge in [0.25, 0.3) is 5.91 Å². The summed E-state index contributed by atoms with van der Waals surface area (Å²) >= 11 is 0.481. The van der Waals surface area contributed by atoms with Crippen LogP contribution in [0.1, 0.15) is 110 Å². The number of hydrogen-bond acceptors (Lipinski definition) is 8. The van der Waals surface area contributed by atoms with E-state index in [9.17, 15) is 50.9 Å². The fraction of sp³-hybridized carbons (Fsp3) is 0.581. The highest BCUT2D eigenvalue weighted by Gasteiger charge is 2.44. The summed E-state index contributed by atoms with van der Waals surface area (Å²) in [5, 5.41) is 39.3. The fourth-order valence-corrected chi connectivity index (χ4v) is 7.69. The molecule has 1 aromatic heterocycles. The van der Waals surface area contributed by atoms with Crippen LogP contribution in [0.4, 0.5) is 26.3 Å². The van der Waals surface area contributed by atoms with Gasteiger partial charge in [-0.3, -0.25) is 19.4 Å². The molecule has 4 N–H and O–H groups in total. The van der Waals surface area contributed by atoms with Crippen molar-refractivity contribution in [2.75, 3.05) is 19.6 Å². The number of carboxylic acid groups (broad SMARTS) is 1. The summed E-state index contributed by atoms with van der Waals surface area (Å²) < 4.78 is 75.0. The van der Waals surface area contributed by atoms with Gasteiger partial charge in [-0.15, -0.1) is 23.7 Å². The van der Waals surface area contributed by atoms with E-state index in [2.05, 4.69) is 23.9 Å². The smallest absolute Gasteiger partial charge is 0.425 e. The van der Waals surface area contributed by atoms with E-state index >= 15 is 0 Å². The molecule has 2 saturated heterocycles. The molecular weight excluding hydrogens is 817 g/mol. The Morgan fingerprint density at radius 1 is 1.05 bits per heavy atom. The predicted octanol–water partition coefficient (Wildman–Crippen LogP) is 10.0. The number of thiophene rings is 1. The summed E-state index contributed by atoms with van der Waals surface area (Å²) in [6, 6.07) is 0.161. The molecule has 2 amide bonds. The zero-order valence-electron chi connectivity index (χ0n) is 34.7. The first-order chi connectivity index (χ1) is 28.1. The van der Waals surface area contributed by atoms with Gasteiger partial charge in [-0.2, -0.15) is 26.3 Å². The van der Waals surface area contributed by atoms with Crippen molar-refractivity contribution in [1.29, 1.82) is 0 Å². The minimum Gasteiger partial charge on any atom is -0.512 e. The molecule has 336 valence electrons. The van der Waals surface area contributed by atoms with E-state index in [1.165, 1.54) is 18.0 Å². The molecule has 3 aliphatic rings. The zero-order valence-corrected chi connectivity index (χ0v) is 35.5. The van der Waals surface area contributed by atoms with Crippen molar-refractivity contribution in [3.63, 3.8) is 0 Å². The van der Waals surface area contributed by atoms with Gasteiger partial charge >= 0.3 is 18.3 Å². The lowest BCUT2D eigenvalue weighted by Gasteiger charge is -2.45. The van der Waals surface area contributed by atoms with Gasteiger partial charge in [0, 0.05) is 48.9 Å². The highest BCUT2D eigenvalue weighted by Crippen LogP contribution is 2.37. The highest BCUT2D eigenvalue weighted by molar-refractivity contribution is 7.10. The molecule has 1 saturated carbocycles. The average molecular weight is 876 g/mol. The number of carbonyl (C=O) groups is 3. The van der Waals surface area contributed by atoms with E-state index in [0.717, 1.165) is 31.1 Å². The maximum atomic E-state index is 13.7. The Morgan fingerprint density at radius 2 is 1.65 bits per heavy atom. The van der Waals surface area contributed by atoms with Crippen LogP contribution in [0, 0.1) is 24.2 Å². The quantitative estimate of drug-likeness (QED) is 0.0568. The number of aliphatic hydroxyl groups excluding tert-OH is 1. The van der Waals surface area contributed by atoms with Gasteiger partial charge in [0.1, 0.15) is 16.3 Å². The van der Waals surface area contributed by atoms with E-state index in [1.54, 1.807) is 36.1 Å². The molecule has 4 rings (SSSR count). The summed E-state index contributed by atoms with van der Waals surface area (Å²) in [7, 11) is 0. The van der Waals surface area contributed by atoms with Crippen molar-refractivity contribution >= 4 is 34.8 Å². The van der Waals surface area contributed by atoms with Gasteiger partial charge < -0.3 is 30.2 Å². The molecule has 1 aliphatic carbocycles.